The molecule has 0 radical (unpaired) electrons. The summed E-state index contributed by atoms with van der Waals surface area (Å²) >= 11 is 12.2. The smallest absolute Gasteiger partial charge is 0.335 e. The van der Waals surface area contributed by atoms with Crippen LogP contribution in [-0.2, 0) is 9.59 Å². The van der Waals surface area contributed by atoms with Crippen LogP contribution in [-0.4, -0.2) is 37.5 Å². The van der Waals surface area contributed by atoms with Crippen molar-refractivity contribution >= 4 is 64.1 Å². The molecular weight excluding hydrogens is 477 g/mol. The number of rotatable bonds is 3. The molecule has 4 amide bonds. The normalized spacial score (nSPS) is 18.6. The summed E-state index contributed by atoms with van der Waals surface area (Å²) in [5.41, 5.74) is 3.20. The van der Waals surface area contributed by atoms with Gasteiger partial charge in [0.05, 0.1) is 23.4 Å². The van der Waals surface area contributed by atoms with E-state index in [0.29, 0.717) is 16.3 Å². The van der Waals surface area contributed by atoms with Crippen molar-refractivity contribution in [1.82, 2.24) is 5.32 Å². The fourth-order valence-electron chi connectivity index (χ4n) is 4.18. The highest BCUT2D eigenvalue weighted by Gasteiger charge is 2.38. The minimum Gasteiger partial charge on any atom is -0.496 e. The molecule has 1 fully saturated rings. The largest absolute Gasteiger partial charge is 0.496 e. The van der Waals surface area contributed by atoms with E-state index in [-0.39, 0.29) is 21.8 Å². The fourth-order valence-corrected chi connectivity index (χ4v) is 4.67. The molecule has 0 saturated carbocycles. The van der Waals surface area contributed by atoms with Crippen molar-refractivity contribution in [3.05, 3.63) is 63.2 Å². The number of allylic oxidation sites excluding steroid dienone is 1. The van der Waals surface area contributed by atoms with E-state index in [1.807, 2.05) is 26.1 Å². The van der Waals surface area contributed by atoms with Gasteiger partial charge in [0.15, 0.2) is 0 Å². The average molecular weight is 500 g/mol. The topological polar surface area (TPSA) is 79.0 Å². The molecule has 2 aliphatic heterocycles. The summed E-state index contributed by atoms with van der Waals surface area (Å²) in [6, 6.07) is 7.22. The number of anilines is 2. The molecule has 0 aliphatic carbocycles. The zero-order chi connectivity index (χ0) is 24.9. The fraction of sp³-hybridized carbons (Fsp3) is 0.240. The van der Waals surface area contributed by atoms with Crippen LogP contribution in [0, 0.1) is 0 Å². The first kappa shape index (κ1) is 23.9. The van der Waals surface area contributed by atoms with Crippen LogP contribution in [0.1, 0.15) is 31.9 Å². The van der Waals surface area contributed by atoms with Gasteiger partial charge in [0, 0.05) is 35.0 Å². The number of imide groups is 2. The number of carbonyl (C=O) groups excluding carboxylic acids is 3. The Kier molecular flexibility index (Phi) is 5.96. The maximum Gasteiger partial charge on any atom is 0.335 e. The maximum atomic E-state index is 13.3. The lowest BCUT2D eigenvalue weighted by Gasteiger charge is -2.41. The van der Waals surface area contributed by atoms with E-state index in [4.69, 9.17) is 27.9 Å². The highest BCUT2D eigenvalue weighted by atomic mass is 35.5. The van der Waals surface area contributed by atoms with E-state index in [9.17, 15) is 14.4 Å². The van der Waals surface area contributed by atoms with Gasteiger partial charge in [0.25, 0.3) is 11.8 Å². The number of halogens is 2. The van der Waals surface area contributed by atoms with E-state index in [1.54, 1.807) is 0 Å². The van der Waals surface area contributed by atoms with Crippen molar-refractivity contribution in [3.8, 4) is 5.75 Å². The molecular formula is C25H23Cl2N3O4. The van der Waals surface area contributed by atoms with E-state index in [1.165, 1.54) is 31.4 Å². The number of benzene rings is 2. The molecule has 0 atom stereocenters. The van der Waals surface area contributed by atoms with Crippen LogP contribution < -0.4 is 19.9 Å². The molecule has 4 rings (SSSR count). The Morgan fingerprint density at radius 1 is 1.06 bits per heavy atom. The second kappa shape index (κ2) is 8.49. The molecule has 2 heterocycles. The predicted molar refractivity (Wildman–Crippen MR) is 135 cm³/mol. The molecule has 0 aromatic heterocycles. The van der Waals surface area contributed by atoms with Crippen LogP contribution in [0.2, 0.25) is 10.0 Å². The number of amides is 4. The highest BCUT2D eigenvalue weighted by molar-refractivity contribution is 6.42. The highest BCUT2D eigenvalue weighted by Crippen LogP contribution is 2.42. The average Bonchev–Trinajstić information content (AvgIpc) is 2.75. The Hall–Kier alpha value is -3.29. The van der Waals surface area contributed by atoms with Crippen molar-refractivity contribution < 1.29 is 19.1 Å². The number of nitrogens with zero attached hydrogens (tertiary/aromatic N) is 2. The second-order valence-corrected chi connectivity index (χ2v) is 9.55. The van der Waals surface area contributed by atoms with Gasteiger partial charge in [-0.15, -0.1) is 0 Å². The standard InChI is InChI=1S/C25H23Cl2N3O4/c1-13-12-25(2,3)29(4)20-11-21(34-5)14(8-16(13)20)9-17-22(31)28-24(33)30(23(17)32)19-7-6-15(26)10-18(19)27/h6-12H,1-5H3,(H,28,31,33)/b17-9-. The van der Waals surface area contributed by atoms with Crippen molar-refractivity contribution in [2.75, 3.05) is 24.0 Å². The van der Waals surface area contributed by atoms with Crippen molar-refractivity contribution in [2.45, 2.75) is 26.3 Å². The van der Waals surface area contributed by atoms with Gasteiger partial charge in [-0.3, -0.25) is 14.9 Å². The van der Waals surface area contributed by atoms with Gasteiger partial charge in [0.2, 0.25) is 0 Å². The monoisotopic (exact) mass is 499 g/mol. The minimum atomic E-state index is -0.892. The van der Waals surface area contributed by atoms with Crippen LogP contribution in [0.5, 0.6) is 5.75 Å². The number of barbiturate groups is 1. The number of methoxy groups -OCH3 is 1. The summed E-state index contributed by atoms with van der Waals surface area (Å²) in [7, 11) is 3.52. The first-order valence-corrected chi connectivity index (χ1v) is 11.2. The van der Waals surface area contributed by atoms with E-state index in [2.05, 4.69) is 30.1 Å². The Morgan fingerprint density at radius 2 is 1.76 bits per heavy atom. The van der Waals surface area contributed by atoms with Crippen LogP contribution in [0.3, 0.4) is 0 Å². The van der Waals surface area contributed by atoms with Gasteiger partial charge in [-0.2, -0.15) is 0 Å². The number of carbonyl (C=O) groups is 3. The molecule has 9 heteroatoms. The summed E-state index contributed by atoms with van der Waals surface area (Å²) in [5.74, 6) is -1.12. The molecule has 1 saturated heterocycles. The molecule has 2 aromatic carbocycles. The molecule has 0 bridgehead atoms. The predicted octanol–water partition coefficient (Wildman–Crippen LogP) is 5.30. The number of nitrogens with one attached hydrogen (secondary N) is 1. The Labute approximate surface area is 207 Å². The number of hydrogen-bond acceptors (Lipinski definition) is 5. The molecule has 1 N–H and O–H groups in total. The summed E-state index contributed by atoms with van der Waals surface area (Å²) in [5, 5.41) is 2.65. The molecule has 0 spiro atoms. The van der Waals surface area contributed by atoms with E-state index in [0.717, 1.165) is 21.7 Å². The summed E-state index contributed by atoms with van der Waals surface area (Å²) in [6.07, 6.45) is 3.58. The van der Waals surface area contributed by atoms with Gasteiger partial charge in [0.1, 0.15) is 11.3 Å². The molecule has 7 nitrogen and oxygen atoms in total. The maximum absolute atomic E-state index is 13.3. The van der Waals surface area contributed by atoms with Gasteiger partial charge in [-0.05, 0) is 56.7 Å². The van der Waals surface area contributed by atoms with Gasteiger partial charge >= 0.3 is 6.03 Å². The molecule has 0 unspecified atom stereocenters. The first-order valence-electron chi connectivity index (χ1n) is 10.5. The number of urea groups is 1. The Balaban J connectivity index is 1.83. The van der Waals surface area contributed by atoms with Crippen LogP contribution in [0.15, 0.2) is 42.0 Å². The van der Waals surface area contributed by atoms with Crippen molar-refractivity contribution in [1.29, 1.82) is 0 Å². The minimum absolute atomic E-state index is 0.0995. The third-order valence-electron chi connectivity index (χ3n) is 6.12. The SMILES string of the molecule is COc1cc2c(cc1/C=C1/C(=O)NC(=O)N(c3ccc(Cl)cc3Cl)C1=O)C(C)=CC(C)(C)N2C. The van der Waals surface area contributed by atoms with Gasteiger partial charge in [-0.1, -0.05) is 29.3 Å². The Morgan fingerprint density at radius 3 is 2.41 bits per heavy atom. The van der Waals surface area contributed by atoms with Crippen molar-refractivity contribution in [3.63, 3.8) is 0 Å². The lowest BCUT2D eigenvalue weighted by atomic mass is 9.88. The van der Waals surface area contributed by atoms with Crippen LogP contribution in [0.25, 0.3) is 11.6 Å². The summed E-state index contributed by atoms with van der Waals surface area (Å²) < 4.78 is 5.59. The lowest BCUT2D eigenvalue weighted by molar-refractivity contribution is -0.122. The van der Waals surface area contributed by atoms with Crippen LogP contribution in [0.4, 0.5) is 16.2 Å². The molecule has 2 aromatic rings. The van der Waals surface area contributed by atoms with Crippen LogP contribution >= 0.6 is 23.2 Å². The molecule has 176 valence electrons. The molecule has 34 heavy (non-hydrogen) atoms. The van der Waals surface area contributed by atoms with Gasteiger partial charge in [-0.25, -0.2) is 9.69 Å². The summed E-state index contributed by atoms with van der Waals surface area (Å²) in [4.78, 5) is 41.4. The quantitative estimate of drug-likeness (QED) is 0.457. The number of hydrogen-bond donors (Lipinski definition) is 1. The van der Waals surface area contributed by atoms with Gasteiger partial charge < -0.3 is 9.64 Å². The molecule has 2 aliphatic rings. The first-order chi connectivity index (χ1) is 15.9. The van der Waals surface area contributed by atoms with E-state index < -0.39 is 17.8 Å². The van der Waals surface area contributed by atoms with E-state index >= 15 is 0 Å². The lowest BCUT2D eigenvalue weighted by Crippen LogP contribution is -2.54. The number of ether oxygens (including phenoxy) is 1. The third kappa shape index (κ3) is 3.95. The Bertz CT molecular complexity index is 1310. The van der Waals surface area contributed by atoms with Crippen molar-refractivity contribution in [2.24, 2.45) is 0 Å². The third-order valence-corrected chi connectivity index (χ3v) is 6.66. The second-order valence-electron chi connectivity index (χ2n) is 8.70. The summed E-state index contributed by atoms with van der Waals surface area (Å²) in [6.45, 7) is 6.24. The zero-order valence-corrected chi connectivity index (χ0v) is 20.8. The number of fused-ring (bicyclic) bond motifs is 1. The zero-order valence-electron chi connectivity index (χ0n) is 19.3. The number of likely N-dealkylation sites (N-methyl/N-ethyl adjacent to an activating group) is 1.